The van der Waals surface area contributed by atoms with E-state index in [9.17, 15) is 4.79 Å². The smallest absolute Gasteiger partial charge is 0.295 e. The van der Waals surface area contributed by atoms with Crippen molar-refractivity contribution in [3.8, 4) is 5.69 Å². The third kappa shape index (κ3) is 3.51. The standard InChI is InChI=1S/C19H20N4O/c1-13(2)15-7-9-16(10-8-15)21-19(24)18-20-12-23(22-18)17-6-4-5-14(3)11-17/h4-13H,1-3H3,(H,21,24). The maximum absolute atomic E-state index is 12.3. The number of aromatic nitrogens is 3. The fourth-order valence-corrected chi connectivity index (χ4v) is 2.40. The maximum atomic E-state index is 12.3. The predicted molar refractivity (Wildman–Crippen MR) is 94.6 cm³/mol. The van der Waals surface area contributed by atoms with Gasteiger partial charge in [0.25, 0.3) is 5.91 Å². The maximum Gasteiger partial charge on any atom is 0.295 e. The minimum absolute atomic E-state index is 0.143. The van der Waals surface area contributed by atoms with E-state index in [0.717, 1.165) is 16.9 Å². The van der Waals surface area contributed by atoms with Crippen LogP contribution in [0.3, 0.4) is 0 Å². The molecule has 5 nitrogen and oxygen atoms in total. The van der Waals surface area contributed by atoms with Gasteiger partial charge in [-0.1, -0.05) is 38.1 Å². The highest BCUT2D eigenvalue weighted by Gasteiger charge is 2.12. The molecule has 122 valence electrons. The second-order valence-electron chi connectivity index (χ2n) is 6.08. The van der Waals surface area contributed by atoms with Crippen LogP contribution in [0.5, 0.6) is 0 Å². The number of aryl methyl sites for hydroxylation is 1. The van der Waals surface area contributed by atoms with Crippen LogP contribution in [0.15, 0.2) is 54.9 Å². The Morgan fingerprint density at radius 3 is 2.54 bits per heavy atom. The molecule has 1 heterocycles. The topological polar surface area (TPSA) is 59.8 Å². The van der Waals surface area contributed by atoms with Gasteiger partial charge in [-0.25, -0.2) is 9.67 Å². The summed E-state index contributed by atoms with van der Waals surface area (Å²) in [6, 6.07) is 15.7. The molecule has 0 saturated carbocycles. The van der Waals surface area contributed by atoms with E-state index in [1.54, 1.807) is 11.0 Å². The van der Waals surface area contributed by atoms with Gasteiger partial charge in [-0.2, -0.15) is 0 Å². The van der Waals surface area contributed by atoms with Crippen LogP contribution in [0.25, 0.3) is 5.69 Å². The molecule has 0 aliphatic heterocycles. The first-order chi connectivity index (χ1) is 11.5. The molecule has 2 aromatic carbocycles. The molecule has 3 rings (SSSR count). The summed E-state index contributed by atoms with van der Waals surface area (Å²) in [5.41, 5.74) is 3.97. The Hall–Kier alpha value is -2.95. The van der Waals surface area contributed by atoms with Gasteiger partial charge in [0.15, 0.2) is 0 Å². The van der Waals surface area contributed by atoms with Crippen molar-refractivity contribution in [1.29, 1.82) is 0 Å². The van der Waals surface area contributed by atoms with Crippen LogP contribution < -0.4 is 5.32 Å². The fraction of sp³-hybridized carbons (Fsp3) is 0.211. The van der Waals surface area contributed by atoms with Gasteiger partial charge in [0.1, 0.15) is 6.33 Å². The molecule has 0 fully saturated rings. The summed E-state index contributed by atoms with van der Waals surface area (Å²) in [6.07, 6.45) is 1.55. The van der Waals surface area contributed by atoms with Crippen molar-refractivity contribution in [2.24, 2.45) is 0 Å². The summed E-state index contributed by atoms with van der Waals surface area (Å²) in [5, 5.41) is 7.08. The molecule has 0 aliphatic carbocycles. The van der Waals surface area contributed by atoms with Crippen molar-refractivity contribution in [1.82, 2.24) is 14.8 Å². The Labute approximate surface area is 141 Å². The quantitative estimate of drug-likeness (QED) is 0.792. The largest absolute Gasteiger partial charge is 0.319 e. The highest BCUT2D eigenvalue weighted by molar-refractivity contribution is 6.01. The van der Waals surface area contributed by atoms with Gasteiger partial charge in [-0.3, -0.25) is 4.79 Å². The summed E-state index contributed by atoms with van der Waals surface area (Å²) in [6.45, 7) is 6.28. The van der Waals surface area contributed by atoms with Crippen LogP contribution in [0.2, 0.25) is 0 Å². The van der Waals surface area contributed by atoms with E-state index in [-0.39, 0.29) is 11.7 Å². The molecule has 0 aliphatic rings. The average molecular weight is 320 g/mol. The van der Waals surface area contributed by atoms with Gasteiger partial charge in [-0.15, -0.1) is 5.10 Å². The Morgan fingerprint density at radius 2 is 1.88 bits per heavy atom. The van der Waals surface area contributed by atoms with Crippen molar-refractivity contribution < 1.29 is 4.79 Å². The van der Waals surface area contributed by atoms with Crippen molar-refractivity contribution in [3.63, 3.8) is 0 Å². The van der Waals surface area contributed by atoms with Crippen LogP contribution in [-0.2, 0) is 0 Å². The van der Waals surface area contributed by atoms with E-state index < -0.39 is 0 Å². The van der Waals surface area contributed by atoms with Gasteiger partial charge >= 0.3 is 0 Å². The van der Waals surface area contributed by atoms with Crippen molar-refractivity contribution in [2.45, 2.75) is 26.7 Å². The number of anilines is 1. The normalized spacial score (nSPS) is 10.8. The molecular formula is C19H20N4O. The van der Waals surface area contributed by atoms with Crippen LogP contribution in [0.4, 0.5) is 5.69 Å². The summed E-state index contributed by atoms with van der Waals surface area (Å²) >= 11 is 0. The van der Waals surface area contributed by atoms with Gasteiger partial charge in [0, 0.05) is 5.69 Å². The van der Waals surface area contributed by atoms with Gasteiger partial charge in [-0.05, 0) is 48.2 Å². The van der Waals surface area contributed by atoms with Crippen LogP contribution >= 0.6 is 0 Å². The SMILES string of the molecule is Cc1cccc(-n2cnc(C(=O)Nc3ccc(C(C)C)cc3)n2)c1. The first-order valence-electron chi connectivity index (χ1n) is 7.93. The van der Waals surface area contributed by atoms with E-state index in [4.69, 9.17) is 0 Å². The van der Waals surface area contributed by atoms with Gasteiger partial charge in [0.2, 0.25) is 5.82 Å². The number of benzene rings is 2. The molecule has 0 bridgehead atoms. The summed E-state index contributed by atoms with van der Waals surface area (Å²) in [5.74, 6) is 0.282. The molecule has 0 atom stereocenters. The predicted octanol–water partition coefficient (Wildman–Crippen LogP) is 3.95. The summed E-state index contributed by atoms with van der Waals surface area (Å²) in [7, 11) is 0. The van der Waals surface area contributed by atoms with Crippen molar-refractivity contribution in [2.75, 3.05) is 5.32 Å². The number of carbonyl (C=O) groups excluding carboxylic acids is 1. The zero-order valence-electron chi connectivity index (χ0n) is 14.0. The second-order valence-corrected chi connectivity index (χ2v) is 6.08. The number of carbonyl (C=O) groups is 1. The number of amides is 1. The molecule has 3 aromatic rings. The number of rotatable bonds is 4. The van der Waals surface area contributed by atoms with Gasteiger partial charge < -0.3 is 5.32 Å². The Kier molecular flexibility index (Phi) is 4.42. The molecule has 5 heteroatoms. The van der Waals surface area contributed by atoms with Crippen LogP contribution in [0, 0.1) is 6.92 Å². The minimum Gasteiger partial charge on any atom is -0.319 e. The van der Waals surface area contributed by atoms with E-state index in [2.05, 4.69) is 29.2 Å². The molecular weight excluding hydrogens is 300 g/mol. The van der Waals surface area contributed by atoms with Crippen molar-refractivity contribution in [3.05, 3.63) is 71.8 Å². The first-order valence-corrected chi connectivity index (χ1v) is 7.93. The molecule has 0 spiro atoms. The first kappa shape index (κ1) is 15.9. The molecule has 0 unspecified atom stereocenters. The summed E-state index contributed by atoms with van der Waals surface area (Å²) < 4.78 is 1.60. The Morgan fingerprint density at radius 1 is 1.12 bits per heavy atom. The number of nitrogens with zero attached hydrogens (tertiary/aromatic N) is 3. The Bertz CT molecular complexity index is 850. The monoisotopic (exact) mass is 320 g/mol. The lowest BCUT2D eigenvalue weighted by Gasteiger charge is -2.07. The lowest BCUT2D eigenvalue weighted by molar-refractivity contribution is 0.101. The molecule has 0 radical (unpaired) electrons. The minimum atomic E-state index is -0.321. The van der Waals surface area contributed by atoms with Gasteiger partial charge in [0.05, 0.1) is 5.69 Å². The highest BCUT2D eigenvalue weighted by atomic mass is 16.2. The molecule has 24 heavy (non-hydrogen) atoms. The lowest BCUT2D eigenvalue weighted by Crippen LogP contribution is -2.14. The molecule has 1 aromatic heterocycles. The molecule has 1 amide bonds. The number of nitrogens with one attached hydrogen (secondary N) is 1. The van der Waals surface area contributed by atoms with Crippen molar-refractivity contribution >= 4 is 11.6 Å². The van der Waals surface area contributed by atoms with E-state index in [1.807, 2.05) is 55.5 Å². The van der Waals surface area contributed by atoms with E-state index in [1.165, 1.54) is 5.56 Å². The summed E-state index contributed by atoms with van der Waals surface area (Å²) in [4.78, 5) is 16.4. The fourth-order valence-electron chi connectivity index (χ4n) is 2.40. The van der Waals surface area contributed by atoms with Crippen LogP contribution in [-0.4, -0.2) is 20.7 Å². The molecule has 1 N–H and O–H groups in total. The number of hydrogen-bond acceptors (Lipinski definition) is 3. The second kappa shape index (κ2) is 6.66. The average Bonchev–Trinajstić information content (AvgIpc) is 3.05. The lowest BCUT2D eigenvalue weighted by atomic mass is 10.0. The third-order valence-corrected chi connectivity index (χ3v) is 3.80. The van der Waals surface area contributed by atoms with E-state index in [0.29, 0.717) is 5.92 Å². The number of hydrogen-bond donors (Lipinski definition) is 1. The van der Waals surface area contributed by atoms with E-state index >= 15 is 0 Å². The van der Waals surface area contributed by atoms with Crippen LogP contribution in [0.1, 0.15) is 41.5 Å². The zero-order valence-corrected chi connectivity index (χ0v) is 14.0. The molecule has 0 saturated heterocycles. The highest BCUT2D eigenvalue weighted by Crippen LogP contribution is 2.17. The Balaban J connectivity index is 1.74. The third-order valence-electron chi connectivity index (χ3n) is 3.80. The zero-order chi connectivity index (χ0) is 17.1.